The first-order valence-electron chi connectivity index (χ1n) is 14.1. The van der Waals surface area contributed by atoms with Crippen LogP contribution < -0.4 is 0 Å². The molecule has 0 aliphatic heterocycles. The number of carbonyl (C=O) groups excluding carboxylic acids is 1. The van der Waals surface area contributed by atoms with E-state index in [-0.39, 0.29) is 21.1 Å². The molecule has 0 amide bonds. The van der Waals surface area contributed by atoms with Gasteiger partial charge in [0.05, 0.1) is 18.0 Å². The first kappa shape index (κ1) is 44.5. The first-order chi connectivity index (χ1) is 22.0. The van der Waals surface area contributed by atoms with Crippen LogP contribution in [0.5, 0.6) is 0 Å². The van der Waals surface area contributed by atoms with Crippen LogP contribution in [-0.4, -0.2) is 29.2 Å². The van der Waals surface area contributed by atoms with Crippen molar-refractivity contribution in [1.82, 2.24) is 0 Å². The molecule has 0 saturated carbocycles. The van der Waals surface area contributed by atoms with Gasteiger partial charge in [-0.1, -0.05) is 44.4 Å². The molecule has 4 unspecified atom stereocenters. The number of aryl methyl sites for hydroxylation is 5. The van der Waals surface area contributed by atoms with Gasteiger partial charge in [0.25, 0.3) is 0 Å². The summed E-state index contributed by atoms with van der Waals surface area (Å²) in [5.74, 6) is -0.383. The molecule has 0 saturated heterocycles. The molecule has 0 aliphatic carbocycles. The second-order valence-corrected chi connectivity index (χ2v) is 22.1. The van der Waals surface area contributed by atoms with Crippen molar-refractivity contribution in [3.05, 3.63) is 109 Å². The number of carbonyl (C=O) groups is 1. The molecule has 254 valence electrons. The highest BCUT2D eigenvalue weighted by atomic mass is 79.9. The highest BCUT2D eigenvalue weighted by molar-refractivity contribution is 9.11. The number of hydrogen-bond acceptors (Lipinski definition) is 7. The van der Waals surface area contributed by atoms with Crippen molar-refractivity contribution < 1.29 is 19.5 Å². The van der Waals surface area contributed by atoms with E-state index in [0.717, 1.165) is 37.7 Å². The van der Waals surface area contributed by atoms with Gasteiger partial charge in [-0.05, 0) is 141 Å². The summed E-state index contributed by atoms with van der Waals surface area (Å²) in [6.07, 6.45) is 6.48. The molecular weight excluding hydrogens is 913 g/mol. The lowest BCUT2D eigenvalue weighted by atomic mass is 10.1. The molecule has 0 fully saturated rings. The SMILES string of the molecule is C=CCc1cc(C)c(Br)s1.Cc1cc(CCCO)sc1Br.Cc1cc(CCCOC(=O)C(Cl)c2ccccc2)sc1Br.OPPP. The summed E-state index contributed by atoms with van der Waals surface area (Å²) in [4.78, 5) is 23.8. The van der Waals surface area contributed by atoms with E-state index >= 15 is 0 Å². The predicted molar refractivity (Wildman–Crippen MR) is 222 cm³/mol. The zero-order valence-electron chi connectivity index (χ0n) is 26.0. The van der Waals surface area contributed by atoms with Crippen molar-refractivity contribution in [2.45, 2.75) is 58.3 Å². The molecular formula is C32H41Br3ClO4P3S3. The molecule has 3 heterocycles. The third-order valence-corrected chi connectivity index (χ3v) is 14.5. The predicted octanol–water partition coefficient (Wildman–Crippen LogP) is 12.5. The van der Waals surface area contributed by atoms with Crippen LogP contribution >= 0.6 is 119 Å². The fourth-order valence-electron chi connectivity index (χ4n) is 3.56. The number of aliphatic hydroxyl groups is 1. The van der Waals surface area contributed by atoms with Gasteiger partial charge in [-0.15, -0.1) is 61.1 Å². The van der Waals surface area contributed by atoms with Gasteiger partial charge in [-0.3, -0.25) is 4.79 Å². The Balaban J connectivity index is 0.000000355. The largest absolute Gasteiger partial charge is 0.464 e. The smallest absolute Gasteiger partial charge is 0.328 e. The van der Waals surface area contributed by atoms with E-state index in [1.54, 1.807) is 34.0 Å². The minimum atomic E-state index is -0.732. The van der Waals surface area contributed by atoms with Crippen molar-refractivity contribution in [3.63, 3.8) is 0 Å². The van der Waals surface area contributed by atoms with Gasteiger partial charge in [0.2, 0.25) is 0 Å². The van der Waals surface area contributed by atoms with Crippen LogP contribution in [0.3, 0.4) is 0 Å². The number of benzene rings is 1. The average Bonchev–Trinajstić information content (AvgIpc) is 3.67. The zero-order valence-corrected chi connectivity index (χ0v) is 37.1. The number of alkyl halides is 1. The molecule has 0 aliphatic rings. The van der Waals surface area contributed by atoms with Crippen LogP contribution in [0.4, 0.5) is 0 Å². The van der Waals surface area contributed by atoms with Crippen molar-refractivity contribution in [3.8, 4) is 0 Å². The molecule has 0 spiro atoms. The number of ether oxygens (including phenoxy) is 1. The summed E-state index contributed by atoms with van der Waals surface area (Å²) >= 11 is 21.8. The number of thiophene rings is 3. The molecule has 0 bridgehead atoms. The lowest BCUT2D eigenvalue weighted by Crippen LogP contribution is -2.12. The average molecular weight is 954 g/mol. The van der Waals surface area contributed by atoms with Gasteiger partial charge >= 0.3 is 5.97 Å². The minimum absolute atomic E-state index is 0.131. The second-order valence-electron chi connectivity index (χ2n) is 9.63. The summed E-state index contributed by atoms with van der Waals surface area (Å²) in [6.45, 7) is 10.6. The van der Waals surface area contributed by atoms with E-state index in [4.69, 9.17) is 26.3 Å². The van der Waals surface area contributed by atoms with Crippen molar-refractivity contribution in [1.29, 1.82) is 0 Å². The fourth-order valence-corrected chi connectivity index (χ4v) is 8.74. The first-order valence-corrected chi connectivity index (χ1v) is 24.2. The highest BCUT2D eigenvalue weighted by Crippen LogP contribution is 2.39. The van der Waals surface area contributed by atoms with E-state index < -0.39 is 5.38 Å². The van der Waals surface area contributed by atoms with E-state index in [1.807, 2.05) is 36.4 Å². The standard InChI is InChI=1S/C16H16BrClO2S.C8H11BrOS.C8H9BrS.H5OP3/c1-11-10-13(21-15(11)17)8-5-9-20-16(19)14(18)12-6-3-2-4-7-12;1-6-5-7(3-2-4-10)11-8(6)9;1-3-4-7-5-6(2)8(9)10-7;1-3-4-2/h2-4,6-7,10,14H,5,8-9H2,1H3;5,10H,2-4H2,1H3;3,5H,1,4H2,2H3;1,3-4H,2H2. The van der Waals surface area contributed by atoms with Crippen LogP contribution in [0.15, 0.2) is 72.5 Å². The quantitative estimate of drug-likeness (QED) is 0.0488. The minimum Gasteiger partial charge on any atom is -0.464 e. The molecule has 14 heteroatoms. The zero-order chi connectivity index (χ0) is 34.5. The van der Waals surface area contributed by atoms with Gasteiger partial charge in [0.15, 0.2) is 5.38 Å². The number of esters is 1. The molecule has 46 heavy (non-hydrogen) atoms. The normalized spacial score (nSPS) is 11.3. The van der Waals surface area contributed by atoms with E-state index in [0.29, 0.717) is 14.6 Å². The Morgan fingerprint density at radius 2 is 1.39 bits per heavy atom. The number of allylic oxidation sites excluding steroid dienone is 1. The Hall–Kier alpha value is 0.470. The maximum Gasteiger partial charge on any atom is 0.328 e. The van der Waals surface area contributed by atoms with Gasteiger partial charge in [-0.25, -0.2) is 0 Å². The van der Waals surface area contributed by atoms with Crippen molar-refractivity contribution >= 4 is 125 Å². The Kier molecular flexibility index (Phi) is 25.4. The third kappa shape index (κ3) is 18.5. The van der Waals surface area contributed by atoms with E-state index in [9.17, 15) is 4.79 Å². The summed E-state index contributed by atoms with van der Waals surface area (Å²) < 4.78 is 8.86. The van der Waals surface area contributed by atoms with E-state index in [2.05, 4.69) is 102 Å². The lowest BCUT2D eigenvalue weighted by Gasteiger charge is -2.09. The van der Waals surface area contributed by atoms with Gasteiger partial charge in [0, 0.05) is 29.7 Å². The van der Waals surface area contributed by atoms with Crippen molar-refractivity contribution in [2.24, 2.45) is 0 Å². The Labute approximate surface area is 322 Å². The topological polar surface area (TPSA) is 66.8 Å². The summed E-state index contributed by atoms with van der Waals surface area (Å²) in [5.41, 5.74) is 4.63. The van der Waals surface area contributed by atoms with E-state index in [1.165, 1.54) is 42.7 Å². The molecule has 0 radical (unpaired) electrons. The fraction of sp³-hybridized carbons (Fsp3) is 0.344. The molecule has 1 aromatic carbocycles. The maximum atomic E-state index is 11.9. The van der Waals surface area contributed by atoms with Crippen LogP contribution in [0.1, 0.15) is 55.1 Å². The monoisotopic (exact) mass is 950 g/mol. The molecule has 4 aromatic rings. The molecule has 3 aromatic heterocycles. The Morgan fingerprint density at radius 1 is 0.935 bits per heavy atom. The van der Waals surface area contributed by atoms with Gasteiger partial charge < -0.3 is 14.7 Å². The van der Waals surface area contributed by atoms with Crippen LogP contribution in [0.25, 0.3) is 0 Å². The molecule has 2 N–H and O–H groups in total. The van der Waals surface area contributed by atoms with Crippen LogP contribution in [0.2, 0.25) is 0 Å². The summed E-state index contributed by atoms with van der Waals surface area (Å²) in [5, 5.41) is 7.86. The maximum absolute atomic E-state index is 11.9. The summed E-state index contributed by atoms with van der Waals surface area (Å²) in [6, 6.07) is 15.8. The molecule has 4 rings (SSSR count). The number of rotatable bonds is 12. The Morgan fingerprint density at radius 3 is 1.78 bits per heavy atom. The lowest BCUT2D eigenvalue weighted by molar-refractivity contribution is -0.143. The molecule has 4 nitrogen and oxygen atoms in total. The second kappa shape index (κ2) is 26.3. The van der Waals surface area contributed by atoms with Gasteiger partial charge in [0.1, 0.15) is 0 Å². The van der Waals surface area contributed by atoms with Gasteiger partial charge in [-0.2, -0.15) is 0 Å². The number of aliphatic hydroxyl groups excluding tert-OH is 1. The van der Waals surface area contributed by atoms with Crippen molar-refractivity contribution in [2.75, 3.05) is 13.2 Å². The van der Waals surface area contributed by atoms with Crippen LogP contribution in [-0.2, 0) is 28.8 Å². The Bertz CT molecular complexity index is 1370. The summed E-state index contributed by atoms with van der Waals surface area (Å²) in [7, 11) is 3.22. The molecule has 4 atom stereocenters. The third-order valence-electron chi connectivity index (χ3n) is 5.83. The number of hydrogen-bond donors (Lipinski definition) is 2. The van der Waals surface area contributed by atoms with Crippen LogP contribution in [0, 0.1) is 20.8 Å². The number of halogens is 4. The highest BCUT2D eigenvalue weighted by Gasteiger charge is 2.18.